The molecule has 0 saturated heterocycles. The number of aromatic nitrogens is 1. The number of nitrogens with zero attached hydrogens (tertiary/aromatic N) is 1. The van der Waals surface area contributed by atoms with E-state index in [0.717, 1.165) is 30.7 Å². The molecule has 0 aliphatic heterocycles. The predicted octanol–water partition coefficient (Wildman–Crippen LogP) is 2.69. The predicted molar refractivity (Wildman–Crippen MR) is 75.1 cm³/mol. The highest BCUT2D eigenvalue weighted by atomic mass is 16.5. The molecule has 19 heavy (non-hydrogen) atoms. The summed E-state index contributed by atoms with van der Waals surface area (Å²) in [6.45, 7) is 2.26. The van der Waals surface area contributed by atoms with Gasteiger partial charge in [0.05, 0.1) is 18.8 Å². The van der Waals surface area contributed by atoms with Gasteiger partial charge in [0.15, 0.2) is 0 Å². The summed E-state index contributed by atoms with van der Waals surface area (Å²) in [4.78, 5) is 4.41. The SMILES string of the molecule is COc1cccnc1C(N)C1(OC)CCCC(C)C1. The van der Waals surface area contributed by atoms with Crippen LogP contribution in [0.15, 0.2) is 18.3 Å². The molecule has 1 aromatic rings. The molecule has 0 amide bonds. The molecule has 0 bridgehead atoms. The normalized spacial score (nSPS) is 28.9. The zero-order valence-corrected chi connectivity index (χ0v) is 12.1. The van der Waals surface area contributed by atoms with Crippen LogP contribution in [0.25, 0.3) is 0 Å². The third-order valence-electron chi connectivity index (χ3n) is 4.28. The number of ether oxygens (including phenoxy) is 2. The maximum absolute atomic E-state index is 6.49. The average molecular weight is 264 g/mol. The van der Waals surface area contributed by atoms with E-state index in [1.54, 1.807) is 20.4 Å². The van der Waals surface area contributed by atoms with E-state index < -0.39 is 0 Å². The van der Waals surface area contributed by atoms with Gasteiger partial charge in [0.25, 0.3) is 0 Å². The van der Waals surface area contributed by atoms with E-state index in [2.05, 4.69) is 11.9 Å². The Bertz CT molecular complexity index is 424. The van der Waals surface area contributed by atoms with E-state index in [1.807, 2.05) is 12.1 Å². The summed E-state index contributed by atoms with van der Waals surface area (Å²) in [6.07, 6.45) is 6.11. The van der Waals surface area contributed by atoms with Crippen LogP contribution in [0.2, 0.25) is 0 Å². The lowest BCUT2D eigenvalue weighted by Gasteiger charge is -2.43. The first kappa shape index (κ1) is 14.3. The first-order valence-corrected chi connectivity index (χ1v) is 6.92. The Morgan fingerprint density at radius 3 is 2.89 bits per heavy atom. The van der Waals surface area contributed by atoms with Crippen molar-refractivity contribution in [2.75, 3.05) is 14.2 Å². The van der Waals surface area contributed by atoms with Gasteiger partial charge in [-0.2, -0.15) is 0 Å². The Morgan fingerprint density at radius 1 is 1.47 bits per heavy atom. The summed E-state index contributed by atoms with van der Waals surface area (Å²) in [6, 6.07) is 3.51. The molecule has 1 heterocycles. The molecule has 4 nitrogen and oxygen atoms in total. The van der Waals surface area contributed by atoms with Crippen molar-refractivity contribution in [3.8, 4) is 5.75 Å². The summed E-state index contributed by atoms with van der Waals surface area (Å²) >= 11 is 0. The minimum atomic E-state index is -0.320. The van der Waals surface area contributed by atoms with Crippen molar-refractivity contribution >= 4 is 0 Å². The van der Waals surface area contributed by atoms with Crippen LogP contribution in [0.1, 0.15) is 44.3 Å². The Hall–Kier alpha value is -1.13. The Balaban J connectivity index is 2.32. The van der Waals surface area contributed by atoms with Crippen LogP contribution in [0.3, 0.4) is 0 Å². The molecule has 1 aromatic heterocycles. The van der Waals surface area contributed by atoms with Crippen molar-refractivity contribution in [2.45, 2.75) is 44.2 Å². The van der Waals surface area contributed by atoms with E-state index in [0.29, 0.717) is 5.92 Å². The van der Waals surface area contributed by atoms with Gasteiger partial charge in [0.2, 0.25) is 0 Å². The quantitative estimate of drug-likeness (QED) is 0.908. The number of rotatable bonds is 4. The Morgan fingerprint density at radius 2 is 2.26 bits per heavy atom. The van der Waals surface area contributed by atoms with Gasteiger partial charge in [-0.05, 0) is 30.9 Å². The van der Waals surface area contributed by atoms with E-state index >= 15 is 0 Å². The number of hydrogen-bond acceptors (Lipinski definition) is 4. The van der Waals surface area contributed by atoms with Crippen LogP contribution in [-0.2, 0) is 4.74 Å². The Kier molecular flexibility index (Phi) is 4.42. The second-order valence-electron chi connectivity index (χ2n) is 5.54. The molecule has 3 unspecified atom stereocenters. The van der Waals surface area contributed by atoms with Crippen molar-refractivity contribution < 1.29 is 9.47 Å². The number of methoxy groups -OCH3 is 2. The molecule has 0 spiro atoms. The largest absolute Gasteiger partial charge is 0.495 e. The minimum Gasteiger partial charge on any atom is -0.495 e. The lowest BCUT2D eigenvalue weighted by Crippen LogP contribution is -2.46. The van der Waals surface area contributed by atoms with Gasteiger partial charge in [-0.15, -0.1) is 0 Å². The highest BCUT2D eigenvalue weighted by Crippen LogP contribution is 2.43. The summed E-state index contributed by atoms with van der Waals surface area (Å²) in [5, 5.41) is 0. The molecule has 2 N–H and O–H groups in total. The first-order valence-electron chi connectivity index (χ1n) is 6.92. The van der Waals surface area contributed by atoms with Crippen molar-refractivity contribution in [3.63, 3.8) is 0 Å². The summed E-state index contributed by atoms with van der Waals surface area (Å²) in [5.41, 5.74) is 6.96. The highest BCUT2D eigenvalue weighted by Gasteiger charge is 2.42. The zero-order valence-electron chi connectivity index (χ0n) is 12.1. The topological polar surface area (TPSA) is 57.4 Å². The minimum absolute atomic E-state index is 0.253. The summed E-state index contributed by atoms with van der Waals surface area (Å²) in [7, 11) is 3.41. The van der Waals surface area contributed by atoms with Gasteiger partial charge in [-0.1, -0.05) is 19.8 Å². The number of hydrogen-bond donors (Lipinski definition) is 1. The molecule has 0 aromatic carbocycles. The molecular weight excluding hydrogens is 240 g/mol. The fourth-order valence-electron chi connectivity index (χ4n) is 3.20. The van der Waals surface area contributed by atoms with Crippen LogP contribution in [-0.4, -0.2) is 24.8 Å². The van der Waals surface area contributed by atoms with Crippen molar-refractivity contribution in [1.82, 2.24) is 4.98 Å². The molecule has 1 saturated carbocycles. The van der Waals surface area contributed by atoms with E-state index in [-0.39, 0.29) is 11.6 Å². The molecule has 2 rings (SSSR count). The molecule has 0 radical (unpaired) electrons. The first-order chi connectivity index (χ1) is 9.13. The van der Waals surface area contributed by atoms with Crippen molar-refractivity contribution in [2.24, 2.45) is 11.7 Å². The van der Waals surface area contributed by atoms with Crippen molar-refractivity contribution in [1.29, 1.82) is 0 Å². The van der Waals surface area contributed by atoms with Crippen LogP contribution < -0.4 is 10.5 Å². The molecule has 1 aliphatic carbocycles. The maximum Gasteiger partial charge on any atom is 0.142 e. The van der Waals surface area contributed by atoms with Crippen molar-refractivity contribution in [3.05, 3.63) is 24.0 Å². The fraction of sp³-hybridized carbons (Fsp3) is 0.667. The van der Waals surface area contributed by atoms with Gasteiger partial charge >= 0.3 is 0 Å². The second-order valence-corrected chi connectivity index (χ2v) is 5.54. The van der Waals surface area contributed by atoms with Gasteiger partial charge in [0.1, 0.15) is 11.4 Å². The lowest BCUT2D eigenvalue weighted by molar-refractivity contribution is -0.0730. The van der Waals surface area contributed by atoms with Crippen LogP contribution in [0.4, 0.5) is 0 Å². The van der Waals surface area contributed by atoms with Gasteiger partial charge in [-0.3, -0.25) is 4.98 Å². The van der Waals surface area contributed by atoms with Crippen LogP contribution >= 0.6 is 0 Å². The summed E-state index contributed by atoms with van der Waals surface area (Å²) in [5.74, 6) is 1.37. The molecule has 4 heteroatoms. The Labute approximate surface area is 115 Å². The van der Waals surface area contributed by atoms with Crippen LogP contribution in [0.5, 0.6) is 5.75 Å². The monoisotopic (exact) mass is 264 g/mol. The lowest BCUT2D eigenvalue weighted by atomic mass is 9.74. The highest BCUT2D eigenvalue weighted by molar-refractivity contribution is 5.31. The molecule has 106 valence electrons. The van der Waals surface area contributed by atoms with Gasteiger partial charge < -0.3 is 15.2 Å². The fourth-order valence-corrected chi connectivity index (χ4v) is 3.20. The number of pyridine rings is 1. The molecule has 3 atom stereocenters. The zero-order chi connectivity index (χ0) is 13.9. The third kappa shape index (κ3) is 2.74. The van der Waals surface area contributed by atoms with E-state index in [4.69, 9.17) is 15.2 Å². The van der Waals surface area contributed by atoms with E-state index in [1.165, 1.54) is 6.42 Å². The van der Waals surface area contributed by atoms with Gasteiger partial charge in [0, 0.05) is 13.3 Å². The molecular formula is C15H24N2O2. The van der Waals surface area contributed by atoms with Crippen LogP contribution in [0, 0.1) is 5.92 Å². The van der Waals surface area contributed by atoms with Gasteiger partial charge in [-0.25, -0.2) is 0 Å². The van der Waals surface area contributed by atoms with E-state index in [9.17, 15) is 0 Å². The molecule has 1 aliphatic rings. The second kappa shape index (κ2) is 5.88. The maximum atomic E-state index is 6.49. The standard InChI is InChI=1S/C15H24N2O2/c1-11-6-4-8-15(10-11,19-3)14(16)13-12(18-2)7-5-9-17-13/h5,7,9,11,14H,4,6,8,10,16H2,1-3H3. The smallest absolute Gasteiger partial charge is 0.142 e. The molecule has 1 fully saturated rings. The average Bonchev–Trinajstić information content (AvgIpc) is 2.46. The summed E-state index contributed by atoms with van der Waals surface area (Å²) < 4.78 is 11.2. The number of nitrogens with two attached hydrogens (primary N) is 1. The third-order valence-corrected chi connectivity index (χ3v) is 4.28.